The Morgan fingerprint density at radius 1 is 1.00 bits per heavy atom. The standard InChI is InChI=1S/C21H26N2O2/c1-15-6-5-7-19(12-15)14-22-21(25)10-11-23(18(4)24)20-9-8-16(2)17(3)13-20/h5-9,12-13H,10-11,14H2,1-4H3,(H,22,25). The van der Waals surface area contributed by atoms with Crippen molar-refractivity contribution in [1.29, 1.82) is 0 Å². The monoisotopic (exact) mass is 338 g/mol. The van der Waals surface area contributed by atoms with Gasteiger partial charge in [-0.05, 0) is 49.6 Å². The number of carbonyl (C=O) groups excluding carboxylic acids is 2. The van der Waals surface area contributed by atoms with E-state index in [1.807, 2.05) is 57.2 Å². The highest BCUT2D eigenvalue weighted by molar-refractivity contribution is 5.92. The number of rotatable bonds is 6. The van der Waals surface area contributed by atoms with Crippen molar-refractivity contribution in [3.63, 3.8) is 0 Å². The SMILES string of the molecule is CC(=O)N(CCC(=O)NCc1cccc(C)c1)c1ccc(C)c(C)c1. The van der Waals surface area contributed by atoms with Crippen LogP contribution in [0.5, 0.6) is 0 Å². The van der Waals surface area contributed by atoms with E-state index in [9.17, 15) is 9.59 Å². The third-order valence-electron chi connectivity index (χ3n) is 4.32. The number of hydrogen-bond donors (Lipinski definition) is 1. The molecule has 0 spiro atoms. The van der Waals surface area contributed by atoms with Crippen LogP contribution >= 0.6 is 0 Å². The minimum absolute atomic E-state index is 0.0587. The number of nitrogens with one attached hydrogen (secondary N) is 1. The van der Waals surface area contributed by atoms with Crippen molar-refractivity contribution in [1.82, 2.24) is 5.32 Å². The van der Waals surface area contributed by atoms with Crippen LogP contribution < -0.4 is 10.2 Å². The molecule has 0 bridgehead atoms. The normalized spacial score (nSPS) is 10.4. The second-order valence-corrected chi connectivity index (χ2v) is 6.46. The Morgan fingerprint density at radius 3 is 2.40 bits per heavy atom. The fourth-order valence-corrected chi connectivity index (χ4v) is 2.69. The molecule has 2 amide bonds. The van der Waals surface area contributed by atoms with Crippen molar-refractivity contribution >= 4 is 17.5 Å². The predicted molar refractivity (Wildman–Crippen MR) is 102 cm³/mol. The third kappa shape index (κ3) is 5.45. The zero-order valence-corrected chi connectivity index (χ0v) is 15.4. The van der Waals surface area contributed by atoms with Crippen molar-refractivity contribution in [2.75, 3.05) is 11.4 Å². The van der Waals surface area contributed by atoms with Crippen molar-refractivity contribution < 1.29 is 9.59 Å². The maximum absolute atomic E-state index is 12.1. The van der Waals surface area contributed by atoms with Gasteiger partial charge in [-0.15, -0.1) is 0 Å². The minimum atomic E-state index is -0.0604. The van der Waals surface area contributed by atoms with Crippen LogP contribution in [0.15, 0.2) is 42.5 Å². The van der Waals surface area contributed by atoms with E-state index < -0.39 is 0 Å². The Kier molecular flexibility index (Phi) is 6.34. The molecule has 0 aliphatic rings. The van der Waals surface area contributed by atoms with E-state index in [-0.39, 0.29) is 18.2 Å². The van der Waals surface area contributed by atoms with E-state index in [0.29, 0.717) is 13.1 Å². The lowest BCUT2D eigenvalue weighted by Crippen LogP contribution is -2.33. The molecule has 2 aromatic carbocycles. The smallest absolute Gasteiger partial charge is 0.223 e. The average molecular weight is 338 g/mol. The Hall–Kier alpha value is -2.62. The van der Waals surface area contributed by atoms with E-state index in [0.717, 1.165) is 16.8 Å². The maximum atomic E-state index is 12.1. The van der Waals surface area contributed by atoms with Crippen molar-refractivity contribution in [2.24, 2.45) is 0 Å². The Balaban J connectivity index is 1.93. The number of hydrogen-bond acceptors (Lipinski definition) is 2. The zero-order valence-electron chi connectivity index (χ0n) is 15.4. The predicted octanol–water partition coefficient (Wildman–Crippen LogP) is 3.67. The van der Waals surface area contributed by atoms with Gasteiger partial charge in [-0.1, -0.05) is 35.9 Å². The Labute approximate surface area is 149 Å². The zero-order chi connectivity index (χ0) is 18.4. The number of anilines is 1. The number of aryl methyl sites for hydroxylation is 3. The molecular weight excluding hydrogens is 312 g/mol. The topological polar surface area (TPSA) is 49.4 Å². The summed E-state index contributed by atoms with van der Waals surface area (Å²) < 4.78 is 0. The van der Waals surface area contributed by atoms with Gasteiger partial charge in [0.25, 0.3) is 0 Å². The van der Waals surface area contributed by atoms with Crippen LogP contribution in [-0.4, -0.2) is 18.4 Å². The van der Waals surface area contributed by atoms with Crippen LogP contribution in [-0.2, 0) is 16.1 Å². The van der Waals surface area contributed by atoms with Gasteiger partial charge in [0.2, 0.25) is 11.8 Å². The minimum Gasteiger partial charge on any atom is -0.352 e. The van der Waals surface area contributed by atoms with Crippen LogP contribution in [0.25, 0.3) is 0 Å². The highest BCUT2D eigenvalue weighted by atomic mass is 16.2. The van der Waals surface area contributed by atoms with E-state index in [1.54, 1.807) is 4.90 Å². The molecule has 0 aromatic heterocycles. The van der Waals surface area contributed by atoms with Gasteiger partial charge in [-0.3, -0.25) is 9.59 Å². The molecule has 4 heteroatoms. The second-order valence-electron chi connectivity index (χ2n) is 6.46. The fraction of sp³-hybridized carbons (Fsp3) is 0.333. The van der Waals surface area contributed by atoms with Crippen LogP contribution in [0.3, 0.4) is 0 Å². The molecule has 132 valence electrons. The van der Waals surface area contributed by atoms with E-state index in [1.165, 1.54) is 18.1 Å². The van der Waals surface area contributed by atoms with E-state index in [4.69, 9.17) is 0 Å². The van der Waals surface area contributed by atoms with Gasteiger partial charge in [0.15, 0.2) is 0 Å². The summed E-state index contributed by atoms with van der Waals surface area (Å²) in [5.41, 5.74) is 5.40. The molecule has 4 nitrogen and oxygen atoms in total. The average Bonchev–Trinajstić information content (AvgIpc) is 2.56. The first-order valence-corrected chi connectivity index (χ1v) is 8.54. The van der Waals surface area contributed by atoms with Gasteiger partial charge >= 0.3 is 0 Å². The Morgan fingerprint density at radius 2 is 1.76 bits per heavy atom. The fourth-order valence-electron chi connectivity index (χ4n) is 2.69. The van der Waals surface area contributed by atoms with Crippen LogP contribution in [0.4, 0.5) is 5.69 Å². The van der Waals surface area contributed by atoms with Crippen molar-refractivity contribution in [3.8, 4) is 0 Å². The molecule has 0 aliphatic carbocycles. The lowest BCUT2D eigenvalue weighted by Gasteiger charge is -2.22. The first-order chi connectivity index (χ1) is 11.9. The summed E-state index contributed by atoms with van der Waals surface area (Å²) in [5, 5.41) is 2.92. The molecule has 0 fully saturated rings. The van der Waals surface area contributed by atoms with Gasteiger partial charge in [0.1, 0.15) is 0 Å². The van der Waals surface area contributed by atoms with Crippen molar-refractivity contribution in [3.05, 3.63) is 64.7 Å². The summed E-state index contributed by atoms with van der Waals surface area (Å²) in [6, 6.07) is 14.0. The summed E-state index contributed by atoms with van der Waals surface area (Å²) in [6.45, 7) is 8.49. The molecule has 0 radical (unpaired) electrons. The molecule has 1 N–H and O–H groups in total. The first kappa shape index (κ1) is 18.7. The van der Waals surface area contributed by atoms with Crippen LogP contribution in [0, 0.1) is 20.8 Å². The number of benzene rings is 2. The lowest BCUT2D eigenvalue weighted by atomic mass is 10.1. The number of carbonyl (C=O) groups is 2. The number of amides is 2. The van der Waals surface area contributed by atoms with Gasteiger partial charge in [-0.25, -0.2) is 0 Å². The van der Waals surface area contributed by atoms with Crippen LogP contribution in [0.2, 0.25) is 0 Å². The first-order valence-electron chi connectivity index (χ1n) is 8.54. The summed E-state index contributed by atoms with van der Waals surface area (Å²) in [7, 11) is 0. The molecule has 0 saturated carbocycles. The molecule has 2 aromatic rings. The van der Waals surface area contributed by atoms with E-state index >= 15 is 0 Å². The molecule has 0 unspecified atom stereocenters. The molecular formula is C21H26N2O2. The Bertz CT molecular complexity index is 768. The molecule has 25 heavy (non-hydrogen) atoms. The molecule has 0 atom stereocenters. The quantitative estimate of drug-likeness (QED) is 0.873. The second kappa shape index (κ2) is 8.47. The van der Waals surface area contributed by atoms with E-state index in [2.05, 4.69) is 11.4 Å². The summed E-state index contributed by atoms with van der Waals surface area (Å²) >= 11 is 0. The molecule has 0 heterocycles. The third-order valence-corrected chi connectivity index (χ3v) is 4.32. The van der Waals surface area contributed by atoms with Crippen LogP contribution in [0.1, 0.15) is 35.6 Å². The molecule has 0 saturated heterocycles. The maximum Gasteiger partial charge on any atom is 0.223 e. The molecule has 0 aliphatic heterocycles. The summed E-state index contributed by atoms with van der Waals surface area (Å²) in [6.07, 6.45) is 0.276. The van der Waals surface area contributed by atoms with Gasteiger partial charge < -0.3 is 10.2 Å². The molecule has 2 rings (SSSR count). The van der Waals surface area contributed by atoms with Crippen molar-refractivity contribution in [2.45, 2.75) is 40.7 Å². The summed E-state index contributed by atoms with van der Waals surface area (Å²) in [5.74, 6) is -0.119. The highest BCUT2D eigenvalue weighted by Crippen LogP contribution is 2.19. The largest absolute Gasteiger partial charge is 0.352 e. The van der Waals surface area contributed by atoms with Gasteiger partial charge in [-0.2, -0.15) is 0 Å². The van der Waals surface area contributed by atoms with Gasteiger partial charge in [0, 0.05) is 32.1 Å². The van der Waals surface area contributed by atoms with Gasteiger partial charge in [0.05, 0.1) is 0 Å². The highest BCUT2D eigenvalue weighted by Gasteiger charge is 2.14. The lowest BCUT2D eigenvalue weighted by molar-refractivity contribution is -0.121. The summed E-state index contributed by atoms with van der Waals surface area (Å²) in [4.78, 5) is 25.7. The number of nitrogens with zero attached hydrogens (tertiary/aromatic N) is 1.